The van der Waals surface area contributed by atoms with Gasteiger partial charge in [0.05, 0.1) is 31.6 Å². The summed E-state index contributed by atoms with van der Waals surface area (Å²) in [6.45, 7) is 0. The van der Waals surface area contributed by atoms with Gasteiger partial charge >= 0.3 is 0 Å². The van der Waals surface area contributed by atoms with Crippen molar-refractivity contribution in [1.82, 2.24) is 0 Å². The van der Waals surface area contributed by atoms with Gasteiger partial charge in [0.25, 0.3) is 23.2 Å². The van der Waals surface area contributed by atoms with Crippen LogP contribution in [0.1, 0.15) is 20.7 Å². The summed E-state index contributed by atoms with van der Waals surface area (Å²) in [5, 5.41) is 27.7. The maximum absolute atomic E-state index is 13.1. The second kappa shape index (κ2) is 6.65. The number of nitrogens with two attached hydrogens (primary N) is 1. The van der Waals surface area contributed by atoms with Gasteiger partial charge in [0.2, 0.25) is 10.0 Å². The predicted octanol–water partition coefficient (Wildman–Crippen LogP) is 2.10. The van der Waals surface area contributed by atoms with E-state index in [1.165, 1.54) is 0 Å². The fourth-order valence-corrected chi connectivity index (χ4v) is 3.90. The number of rotatable bonds is 4. The summed E-state index contributed by atoms with van der Waals surface area (Å²) in [6, 6.07) is 8.54. The molecule has 2 N–H and O–H groups in total. The Hall–Kier alpha value is -4.23. The minimum Gasteiger partial charge on any atom is -0.268 e. The van der Waals surface area contributed by atoms with E-state index in [9.17, 15) is 38.2 Å². The molecule has 0 aromatic heterocycles. The number of nitro benzene ring substituents is 2. The summed E-state index contributed by atoms with van der Waals surface area (Å²) >= 11 is 0. The number of nitro groups is 2. The number of anilines is 1. The molecule has 1 aliphatic heterocycles. The van der Waals surface area contributed by atoms with Crippen molar-refractivity contribution in [3.05, 3.63) is 79.9 Å². The SMILES string of the molecule is NS(=O)(=O)c1ccc(N2C(=O)c3cc([N+](=O)[O-])cc4cc([N+](=O)[O-])cc(c34)C2=O)cc1. The van der Waals surface area contributed by atoms with Gasteiger partial charge in [-0.15, -0.1) is 0 Å². The van der Waals surface area contributed by atoms with Gasteiger partial charge in [0.1, 0.15) is 0 Å². The van der Waals surface area contributed by atoms with Crippen LogP contribution in [0.15, 0.2) is 53.4 Å². The number of hydrogen-bond acceptors (Lipinski definition) is 8. The largest absolute Gasteiger partial charge is 0.270 e. The second-order valence-corrected chi connectivity index (χ2v) is 8.15. The van der Waals surface area contributed by atoms with Gasteiger partial charge in [0.15, 0.2) is 0 Å². The van der Waals surface area contributed by atoms with Crippen molar-refractivity contribution in [2.24, 2.45) is 5.14 Å². The van der Waals surface area contributed by atoms with E-state index in [0.29, 0.717) is 4.90 Å². The van der Waals surface area contributed by atoms with Gasteiger partial charge < -0.3 is 0 Å². The standard InChI is InChI=1S/C18H10N4O8S/c19-31(29,30)13-3-1-10(2-4-13)20-17(23)14-7-11(21(25)26)5-9-6-12(22(27)28)8-15(16(9)14)18(20)24/h1-8H,(H2,19,29,30). The van der Waals surface area contributed by atoms with E-state index in [0.717, 1.165) is 48.5 Å². The summed E-state index contributed by atoms with van der Waals surface area (Å²) in [6.07, 6.45) is 0. The van der Waals surface area contributed by atoms with Crippen LogP contribution in [0.4, 0.5) is 17.1 Å². The lowest BCUT2D eigenvalue weighted by molar-refractivity contribution is -0.385. The van der Waals surface area contributed by atoms with Crippen LogP contribution < -0.4 is 10.0 Å². The van der Waals surface area contributed by atoms with E-state index in [1.54, 1.807) is 0 Å². The minimum absolute atomic E-state index is 0.000627. The van der Waals surface area contributed by atoms with E-state index in [1.807, 2.05) is 0 Å². The first-order valence-electron chi connectivity index (χ1n) is 8.41. The van der Waals surface area contributed by atoms with E-state index in [-0.39, 0.29) is 32.5 Å². The molecule has 4 rings (SSSR count). The summed E-state index contributed by atoms with van der Waals surface area (Å²) in [5.74, 6) is -1.80. The monoisotopic (exact) mass is 442 g/mol. The van der Waals surface area contributed by atoms with Crippen LogP contribution >= 0.6 is 0 Å². The molecule has 0 fully saturated rings. The van der Waals surface area contributed by atoms with Crippen LogP contribution in [-0.4, -0.2) is 30.1 Å². The third-order valence-electron chi connectivity index (χ3n) is 4.73. The van der Waals surface area contributed by atoms with Crippen LogP contribution in [0, 0.1) is 20.2 Å². The smallest absolute Gasteiger partial charge is 0.268 e. The minimum atomic E-state index is -4.03. The Bertz CT molecular complexity index is 1380. The van der Waals surface area contributed by atoms with Crippen molar-refractivity contribution in [2.45, 2.75) is 4.90 Å². The van der Waals surface area contributed by atoms with Gasteiger partial charge in [0, 0.05) is 29.7 Å². The number of carbonyl (C=O) groups excluding carboxylic acids is 2. The Balaban J connectivity index is 1.98. The molecule has 0 saturated heterocycles. The van der Waals surface area contributed by atoms with E-state index in [2.05, 4.69) is 0 Å². The molecule has 31 heavy (non-hydrogen) atoms. The zero-order valence-electron chi connectivity index (χ0n) is 15.2. The number of amides is 2. The van der Waals surface area contributed by atoms with Crippen LogP contribution in [0.5, 0.6) is 0 Å². The predicted molar refractivity (Wildman–Crippen MR) is 106 cm³/mol. The summed E-state index contributed by atoms with van der Waals surface area (Å²) in [4.78, 5) is 47.7. The van der Waals surface area contributed by atoms with Crippen molar-refractivity contribution < 1.29 is 27.9 Å². The number of carbonyl (C=O) groups is 2. The third kappa shape index (κ3) is 3.17. The van der Waals surface area contributed by atoms with E-state index in [4.69, 9.17) is 5.14 Å². The van der Waals surface area contributed by atoms with E-state index >= 15 is 0 Å². The maximum atomic E-state index is 13.1. The molecular formula is C18H10N4O8S. The van der Waals surface area contributed by atoms with Gasteiger partial charge in [-0.1, -0.05) is 0 Å². The number of primary sulfonamides is 1. The lowest BCUT2D eigenvalue weighted by Gasteiger charge is -2.27. The molecule has 3 aromatic rings. The molecule has 0 unspecified atom stereocenters. The number of hydrogen-bond donors (Lipinski definition) is 1. The molecular weight excluding hydrogens is 432 g/mol. The molecule has 1 heterocycles. The zero-order valence-corrected chi connectivity index (χ0v) is 16.0. The van der Waals surface area contributed by atoms with Crippen molar-refractivity contribution in [1.29, 1.82) is 0 Å². The van der Waals surface area contributed by atoms with Crippen molar-refractivity contribution >= 4 is 49.7 Å². The molecule has 0 aliphatic carbocycles. The van der Waals surface area contributed by atoms with E-state index < -0.39 is 43.1 Å². The lowest BCUT2D eigenvalue weighted by atomic mass is 9.92. The molecule has 3 aromatic carbocycles. The average molecular weight is 442 g/mol. The molecule has 0 atom stereocenters. The first-order valence-corrected chi connectivity index (χ1v) is 9.96. The molecule has 13 heteroatoms. The number of sulfonamides is 1. The highest BCUT2D eigenvalue weighted by Gasteiger charge is 2.37. The van der Waals surface area contributed by atoms with Crippen LogP contribution in [0.2, 0.25) is 0 Å². The third-order valence-corrected chi connectivity index (χ3v) is 5.66. The maximum Gasteiger partial charge on any atom is 0.270 e. The quantitative estimate of drug-likeness (QED) is 0.361. The summed E-state index contributed by atoms with van der Waals surface area (Å²) < 4.78 is 22.9. The highest BCUT2D eigenvalue weighted by Crippen LogP contribution is 2.37. The number of benzene rings is 3. The lowest BCUT2D eigenvalue weighted by Crippen LogP contribution is -2.40. The van der Waals surface area contributed by atoms with Gasteiger partial charge in [-0.2, -0.15) is 0 Å². The van der Waals surface area contributed by atoms with Crippen molar-refractivity contribution in [3.8, 4) is 0 Å². The van der Waals surface area contributed by atoms with Gasteiger partial charge in [-0.05, 0) is 29.7 Å². The van der Waals surface area contributed by atoms with Crippen LogP contribution in [0.25, 0.3) is 10.8 Å². The second-order valence-electron chi connectivity index (χ2n) is 6.58. The first-order chi connectivity index (χ1) is 14.5. The Morgan fingerprint density at radius 2 is 1.26 bits per heavy atom. The molecule has 0 spiro atoms. The van der Waals surface area contributed by atoms with Crippen molar-refractivity contribution in [2.75, 3.05) is 4.90 Å². The zero-order chi connectivity index (χ0) is 22.7. The molecule has 0 bridgehead atoms. The number of imide groups is 1. The molecule has 1 aliphatic rings. The van der Waals surface area contributed by atoms with Crippen LogP contribution in [-0.2, 0) is 10.0 Å². The first kappa shape index (κ1) is 20.1. The number of nitrogens with zero attached hydrogens (tertiary/aromatic N) is 3. The molecule has 12 nitrogen and oxygen atoms in total. The van der Waals surface area contributed by atoms with Gasteiger partial charge in [-0.25, -0.2) is 18.5 Å². The summed E-state index contributed by atoms with van der Waals surface area (Å²) in [5.41, 5.74) is -1.39. The van der Waals surface area contributed by atoms with Gasteiger partial charge in [-0.3, -0.25) is 29.8 Å². The fraction of sp³-hybridized carbons (Fsp3) is 0. The molecule has 2 amide bonds. The van der Waals surface area contributed by atoms with Crippen molar-refractivity contribution in [3.63, 3.8) is 0 Å². The highest BCUT2D eigenvalue weighted by molar-refractivity contribution is 7.89. The molecule has 0 saturated carbocycles. The molecule has 0 radical (unpaired) electrons. The topological polar surface area (TPSA) is 184 Å². The Kier molecular flexibility index (Phi) is 4.30. The fourth-order valence-electron chi connectivity index (χ4n) is 3.38. The van der Waals surface area contributed by atoms with Crippen LogP contribution in [0.3, 0.4) is 0 Å². The Morgan fingerprint density at radius 1 is 0.806 bits per heavy atom. The Morgan fingerprint density at radius 3 is 1.65 bits per heavy atom. The normalized spacial score (nSPS) is 13.5. The summed E-state index contributed by atoms with van der Waals surface area (Å²) in [7, 11) is -4.03. The highest BCUT2D eigenvalue weighted by atomic mass is 32.2. The number of non-ortho nitro benzene ring substituents is 2. The average Bonchev–Trinajstić information content (AvgIpc) is 2.70. The molecule has 156 valence electrons. The Labute approximate surface area is 172 Å².